The SMILES string of the molecule is CC(=O)N1CC[C@H]2[C@@H]1CN2C(=O)[C@@H]1CC[C@@H]2C[C@H]3C[C@H]3C[C@H](NC(=O)c3cc4cc(C(F)P(=O)(O)O)ccc4s3)C(=O)N21. The fraction of sp³-hybridized carbons (Fsp3) is 0.586. The van der Waals surface area contributed by atoms with Crippen LogP contribution in [0.3, 0.4) is 0 Å². The van der Waals surface area contributed by atoms with Gasteiger partial charge in [-0.3, -0.25) is 23.7 Å². The number of carbonyl (C=O) groups is 4. The molecule has 0 spiro atoms. The molecule has 1 unspecified atom stereocenters. The van der Waals surface area contributed by atoms with Crippen molar-refractivity contribution < 1.29 is 37.9 Å². The summed E-state index contributed by atoms with van der Waals surface area (Å²) in [6.45, 7) is 2.68. The van der Waals surface area contributed by atoms with Gasteiger partial charge in [0.1, 0.15) is 12.1 Å². The van der Waals surface area contributed by atoms with Crippen LogP contribution in [0.25, 0.3) is 10.1 Å². The van der Waals surface area contributed by atoms with Crippen LogP contribution in [0.5, 0.6) is 0 Å². The number of fused-ring (bicyclic) bond motifs is 4. The number of nitrogens with zero attached hydrogens (tertiary/aromatic N) is 3. The van der Waals surface area contributed by atoms with Gasteiger partial charge in [0.15, 0.2) is 0 Å². The van der Waals surface area contributed by atoms with Crippen LogP contribution in [0, 0.1) is 11.8 Å². The van der Waals surface area contributed by atoms with Gasteiger partial charge < -0.3 is 29.8 Å². The lowest BCUT2D eigenvalue weighted by molar-refractivity contribution is -0.155. The molecule has 4 saturated heterocycles. The highest BCUT2D eigenvalue weighted by molar-refractivity contribution is 7.51. The van der Waals surface area contributed by atoms with E-state index in [-0.39, 0.29) is 41.4 Å². The summed E-state index contributed by atoms with van der Waals surface area (Å²) >= 11 is 1.15. The Labute approximate surface area is 251 Å². The maximum Gasteiger partial charge on any atom is 0.363 e. The summed E-state index contributed by atoms with van der Waals surface area (Å²) < 4.78 is 26.3. The summed E-state index contributed by atoms with van der Waals surface area (Å²) in [5.74, 6) is -2.39. The van der Waals surface area contributed by atoms with Gasteiger partial charge in [0.2, 0.25) is 23.6 Å². The molecule has 0 radical (unpaired) electrons. The van der Waals surface area contributed by atoms with Gasteiger partial charge in [0.25, 0.3) is 5.91 Å². The fourth-order valence-electron chi connectivity index (χ4n) is 7.83. The molecule has 4 aliphatic heterocycles. The van der Waals surface area contributed by atoms with Crippen LogP contribution < -0.4 is 5.32 Å². The second-order valence-corrected chi connectivity index (χ2v) is 15.4. The van der Waals surface area contributed by atoms with Crippen molar-refractivity contribution in [3.8, 4) is 0 Å². The average Bonchev–Trinajstić information content (AvgIpc) is 3.25. The minimum Gasteiger partial charge on any atom is -0.340 e. The van der Waals surface area contributed by atoms with Gasteiger partial charge in [-0.25, -0.2) is 4.39 Å². The zero-order valence-corrected chi connectivity index (χ0v) is 25.3. The van der Waals surface area contributed by atoms with E-state index >= 15 is 0 Å². The molecule has 230 valence electrons. The van der Waals surface area contributed by atoms with E-state index in [0.717, 1.165) is 37.0 Å². The first-order valence-corrected chi connectivity index (χ1v) is 17.3. The van der Waals surface area contributed by atoms with Gasteiger partial charge in [0.05, 0.1) is 17.0 Å². The highest BCUT2D eigenvalue weighted by Gasteiger charge is 2.55. The van der Waals surface area contributed by atoms with Crippen molar-refractivity contribution in [2.45, 2.75) is 81.6 Å². The maximum absolute atomic E-state index is 14.3. The molecular weight excluding hydrogens is 598 g/mol. The number of alkyl halides is 1. The molecule has 1 aromatic heterocycles. The van der Waals surface area contributed by atoms with E-state index in [2.05, 4.69) is 5.32 Å². The van der Waals surface area contributed by atoms with Crippen molar-refractivity contribution in [3.05, 3.63) is 34.7 Å². The zero-order chi connectivity index (χ0) is 30.4. The van der Waals surface area contributed by atoms with E-state index < -0.39 is 31.5 Å². The van der Waals surface area contributed by atoms with Gasteiger partial charge in [-0.15, -0.1) is 11.3 Å². The largest absolute Gasteiger partial charge is 0.363 e. The van der Waals surface area contributed by atoms with E-state index in [1.807, 2.05) is 9.80 Å². The van der Waals surface area contributed by atoms with Crippen molar-refractivity contribution in [2.75, 3.05) is 13.1 Å². The van der Waals surface area contributed by atoms with Crippen LogP contribution in [-0.2, 0) is 18.9 Å². The van der Waals surface area contributed by atoms with Gasteiger partial charge in [0, 0.05) is 30.8 Å². The summed E-state index contributed by atoms with van der Waals surface area (Å²) in [5, 5.41) is 3.40. The van der Waals surface area contributed by atoms with E-state index in [1.54, 1.807) is 11.8 Å². The number of hydrogen-bond donors (Lipinski definition) is 3. The molecule has 4 amide bonds. The Balaban J connectivity index is 1.09. The van der Waals surface area contributed by atoms with Crippen LogP contribution in [0.2, 0.25) is 0 Å². The molecule has 2 aromatic rings. The Kier molecular flexibility index (Phi) is 6.96. The molecule has 14 heteroatoms. The van der Waals surface area contributed by atoms with Crippen molar-refractivity contribution in [1.82, 2.24) is 20.0 Å². The second-order valence-electron chi connectivity index (χ2n) is 12.7. The normalized spacial score (nSPS) is 32.3. The van der Waals surface area contributed by atoms with Crippen LogP contribution in [0.4, 0.5) is 4.39 Å². The lowest BCUT2D eigenvalue weighted by Gasteiger charge is -2.48. The van der Waals surface area contributed by atoms with Crippen LogP contribution >= 0.6 is 18.9 Å². The minimum atomic E-state index is -4.98. The first kappa shape index (κ1) is 28.9. The maximum atomic E-state index is 14.3. The highest BCUT2D eigenvalue weighted by Crippen LogP contribution is 2.53. The topological polar surface area (TPSA) is 148 Å². The molecule has 0 bridgehead atoms. The standard InChI is InChI=1S/C29H34FN4O7PS/c1-14(35)32-7-6-21-23(32)13-33(21)29(38)22-4-3-19-10-16-9-17(16)11-20(28(37)34(19)22)31-27(36)25-12-18-8-15(2-5-24(18)43-25)26(30)42(39,40)41/h2,5,8,12,16-17,19-23,26H,3-4,6-7,9-11,13H2,1H3,(H,31,36)(H2,39,40,41)/t16-,17+,19-,20+,21+,22+,23+,26?/m1/s1. The van der Waals surface area contributed by atoms with Crippen molar-refractivity contribution >= 4 is 52.6 Å². The summed E-state index contributed by atoms with van der Waals surface area (Å²) in [7, 11) is -4.98. The molecule has 1 saturated carbocycles. The lowest BCUT2D eigenvalue weighted by Crippen LogP contribution is -2.67. The first-order chi connectivity index (χ1) is 20.4. The molecule has 3 N–H and O–H groups in total. The summed E-state index contributed by atoms with van der Waals surface area (Å²) in [4.78, 5) is 77.4. The predicted molar refractivity (Wildman–Crippen MR) is 155 cm³/mol. The first-order valence-electron chi connectivity index (χ1n) is 14.8. The average molecular weight is 633 g/mol. The fourth-order valence-corrected chi connectivity index (χ4v) is 9.33. The summed E-state index contributed by atoms with van der Waals surface area (Å²) in [6.07, 6.45) is 4.44. The molecule has 7 rings (SSSR count). The number of halogens is 1. The number of thiophene rings is 1. The second kappa shape index (κ2) is 10.4. The predicted octanol–water partition coefficient (Wildman–Crippen LogP) is 2.77. The molecule has 5 heterocycles. The third-order valence-electron chi connectivity index (χ3n) is 10.1. The van der Waals surface area contributed by atoms with Crippen molar-refractivity contribution in [1.29, 1.82) is 0 Å². The van der Waals surface area contributed by atoms with Gasteiger partial charge >= 0.3 is 7.60 Å². The third-order valence-corrected chi connectivity index (χ3v) is 12.1. The molecule has 5 fully saturated rings. The van der Waals surface area contributed by atoms with Gasteiger partial charge in [-0.1, -0.05) is 6.07 Å². The van der Waals surface area contributed by atoms with E-state index in [0.29, 0.717) is 52.7 Å². The van der Waals surface area contributed by atoms with E-state index in [4.69, 9.17) is 0 Å². The number of carbonyl (C=O) groups excluding carboxylic acids is 4. The molecule has 8 atom stereocenters. The zero-order valence-electron chi connectivity index (χ0n) is 23.6. The Hall–Kier alpha value is -2.86. The molecular formula is C29H34FN4O7PS. The quantitative estimate of drug-likeness (QED) is 0.430. The molecule has 43 heavy (non-hydrogen) atoms. The molecule has 1 aromatic carbocycles. The minimum absolute atomic E-state index is 0.00790. The Morgan fingerprint density at radius 1 is 1.05 bits per heavy atom. The summed E-state index contributed by atoms with van der Waals surface area (Å²) in [6, 6.07) is 4.31. The molecule has 11 nitrogen and oxygen atoms in total. The smallest absolute Gasteiger partial charge is 0.340 e. The number of amides is 4. The highest BCUT2D eigenvalue weighted by atomic mass is 32.1. The lowest BCUT2D eigenvalue weighted by atomic mass is 9.95. The number of nitrogens with one attached hydrogen (secondary N) is 1. The van der Waals surface area contributed by atoms with Crippen LogP contribution in [-0.4, -0.2) is 91.4 Å². The van der Waals surface area contributed by atoms with Crippen LogP contribution in [0.15, 0.2) is 24.3 Å². The van der Waals surface area contributed by atoms with Crippen molar-refractivity contribution in [2.24, 2.45) is 11.8 Å². The van der Waals surface area contributed by atoms with E-state index in [9.17, 15) is 37.9 Å². The number of benzene rings is 1. The molecule has 5 aliphatic rings. The van der Waals surface area contributed by atoms with Crippen LogP contribution in [0.1, 0.15) is 66.6 Å². The van der Waals surface area contributed by atoms with E-state index in [1.165, 1.54) is 24.3 Å². The number of hydrogen-bond acceptors (Lipinski definition) is 6. The number of likely N-dealkylation sites (tertiary alicyclic amines) is 2. The Bertz CT molecular complexity index is 1580. The van der Waals surface area contributed by atoms with Gasteiger partial charge in [-0.05, 0) is 79.5 Å². The molecule has 1 aliphatic carbocycles. The van der Waals surface area contributed by atoms with Crippen molar-refractivity contribution in [3.63, 3.8) is 0 Å². The number of rotatable bonds is 5. The Morgan fingerprint density at radius 3 is 2.56 bits per heavy atom. The third kappa shape index (κ3) is 4.98. The monoisotopic (exact) mass is 632 g/mol. The Morgan fingerprint density at radius 2 is 1.81 bits per heavy atom. The van der Waals surface area contributed by atoms with Gasteiger partial charge in [-0.2, -0.15) is 0 Å². The summed E-state index contributed by atoms with van der Waals surface area (Å²) in [5.41, 5.74) is -0.170.